The Morgan fingerprint density at radius 2 is 2.57 bits per heavy atom. The second kappa shape index (κ2) is 4.36. The van der Waals surface area contributed by atoms with Crippen LogP contribution in [0, 0.1) is 0 Å². The quantitative estimate of drug-likeness (QED) is 0.333. The number of thiol groups is 1. The molecule has 0 unspecified atom stereocenters. The smallest absolute Gasteiger partial charge is 0.154 e. The zero-order chi connectivity index (χ0) is 5.70. The minimum atomic E-state index is 0.363. The van der Waals surface area contributed by atoms with E-state index < -0.39 is 0 Å². The third-order valence-electron chi connectivity index (χ3n) is 0.304. The number of hydrogen-bond acceptors (Lipinski definition) is 2. The monoisotopic (exact) mass is 137 g/mol. The third kappa shape index (κ3) is 6.20. The molecule has 0 atom stereocenters. The van der Waals surface area contributed by atoms with Gasteiger partial charge in [0.1, 0.15) is 0 Å². The Morgan fingerprint density at radius 3 is 2.71 bits per heavy atom. The molecular formula is C3H7NOS2. The summed E-state index contributed by atoms with van der Waals surface area (Å²) in [6, 6.07) is 0. The standard InChI is InChI=1S/C3H7NOS2/c1-2-5-4-3(6)7/h2H2,1H3,(H2,4,6,7). The highest BCUT2D eigenvalue weighted by Gasteiger charge is 1.79. The SMILES string of the molecule is CCONC(=S)S. The largest absolute Gasteiger partial charge is 0.275 e. The van der Waals surface area contributed by atoms with Crippen molar-refractivity contribution in [1.29, 1.82) is 0 Å². The summed E-state index contributed by atoms with van der Waals surface area (Å²) >= 11 is 8.22. The fourth-order valence-electron chi connectivity index (χ4n) is 0.134. The first kappa shape index (κ1) is 7.20. The number of hydroxylamine groups is 1. The first-order valence-corrected chi connectivity index (χ1v) is 2.73. The molecule has 0 heterocycles. The van der Waals surface area contributed by atoms with E-state index in [4.69, 9.17) is 0 Å². The van der Waals surface area contributed by atoms with E-state index in [1.165, 1.54) is 0 Å². The molecule has 42 valence electrons. The summed E-state index contributed by atoms with van der Waals surface area (Å²) in [6.07, 6.45) is 0. The van der Waals surface area contributed by atoms with Crippen LogP contribution in [0.4, 0.5) is 0 Å². The van der Waals surface area contributed by atoms with Crippen molar-refractivity contribution in [2.45, 2.75) is 6.92 Å². The Bertz CT molecular complexity index is 66.0. The molecule has 2 nitrogen and oxygen atoms in total. The van der Waals surface area contributed by atoms with Gasteiger partial charge in [0.25, 0.3) is 0 Å². The molecular weight excluding hydrogens is 130 g/mol. The van der Waals surface area contributed by atoms with Crippen molar-refractivity contribution in [3.8, 4) is 0 Å². The van der Waals surface area contributed by atoms with Crippen LogP contribution in [-0.4, -0.2) is 10.9 Å². The van der Waals surface area contributed by atoms with Crippen LogP contribution in [0.5, 0.6) is 0 Å². The van der Waals surface area contributed by atoms with Gasteiger partial charge < -0.3 is 0 Å². The van der Waals surface area contributed by atoms with Gasteiger partial charge in [-0.3, -0.25) is 10.3 Å². The van der Waals surface area contributed by atoms with Crippen molar-refractivity contribution >= 4 is 29.2 Å². The second-order valence-corrected chi connectivity index (χ2v) is 2.00. The van der Waals surface area contributed by atoms with Gasteiger partial charge >= 0.3 is 0 Å². The normalized spacial score (nSPS) is 8.29. The molecule has 0 bridgehead atoms. The molecule has 0 aliphatic carbocycles. The minimum absolute atomic E-state index is 0.363. The molecule has 0 radical (unpaired) electrons. The van der Waals surface area contributed by atoms with Crippen LogP contribution in [0.15, 0.2) is 0 Å². The maximum absolute atomic E-state index is 4.63. The predicted molar refractivity (Wildman–Crippen MR) is 36.3 cm³/mol. The highest BCUT2D eigenvalue weighted by molar-refractivity contribution is 8.10. The van der Waals surface area contributed by atoms with E-state index in [1.54, 1.807) is 0 Å². The van der Waals surface area contributed by atoms with Crippen molar-refractivity contribution in [1.82, 2.24) is 5.48 Å². The highest BCUT2D eigenvalue weighted by Crippen LogP contribution is 1.75. The average Bonchev–Trinajstić information content (AvgIpc) is 1.61. The summed E-state index contributed by atoms with van der Waals surface area (Å²) < 4.78 is 0.363. The van der Waals surface area contributed by atoms with E-state index in [9.17, 15) is 0 Å². The topological polar surface area (TPSA) is 21.3 Å². The Labute approximate surface area is 53.6 Å². The van der Waals surface area contributed by atoms with E-state index in [1.807, 2.05) is 6.92 Å². The summed E-state index contributed by atoms with van der Waals surface area (Å²) in [6.45, 7) is 2.46. The van der Waals surface area contributed by atoms with Gasteiger partial charge in [0.15, 0.2) is 4.32 Å². The molecule has 0 saturated heterocycles. The average molecular weight is 137 g/mol. The fourth-order valence-corrected chi connectivity index (χ4v) is 0.257. The molecule has 1 N–H and O–H groups in total. The lowest BCUT2D eigenvalue weighted by molar-refractivity contribution is 0.101. The van der Waals surface area contributed by atoms with Gasteiger partial charge in [0.2, 0.25) is 0 Å². The Balaban J connectivity index is 2.82. The number of nitrogens with one attached hydrogen (secondary N) is 1. The van der Waals surface area contributed by atoms with Crippen molar-refractivity contribution in [2.24, 2.45) is 0 Å². The first-order valence-electron chi connectivity index (χ1n) is 1.88. The molecule has 0 rings (SSSR count). The lowest BCUT2D eigenvalue weighted by Gasteiger charge is -1.97. The van der Waals surface area contributed by atoms with Crippen LogP contribution in [-0.2, 0) is 4.84 Å². The van der Waals surface area contributed by atoms with Crippen LogP contribution in [0.2, 0.25) is 0 Å². The zero-order valence-corrected chi connectivity index (χ0v) is 5.68. The lowest BCUT2D eigenvalue weighted by atomic mass is 10.9. The van der Waals surface area contributed by atoms with Crippen molar-refractivity contribution in [2.75, 3.05) is 6.61 Å². The first-order chi connectivity index (χ1) is 3.27. The number of rotatable bonds is 2. The maximum atomic E-state index is 4.63. The van der Waals surface area contributed by atoms with E-state index in [-0.39, 0.29) is 0 Å². The van der Waals surface area contributed by atoms with Gasteiger partial charge in [-0.1, -0.05) is 12.2 Å². The van der Waals surface area contributed by atoms with Gasteiger partial charge in [-0.05, 0) is 6.92 Å². The molecule has 0 saturated carbocycles. The zero-order valence-electron chi connectivity index (χ0n) is 3.97. The van der Waals surface area contributed by atoms with Crippen LogP contribution in [0.1, 0.15) is 6.92 Å². The molecule has 0 aliphatic heterocycles. The van der Waals surface area contributed by atoms with Crippen molar-refractivity contribution < 1.29 is 4.84 Å². The second-order valence-electron chi connectivity index (χ2n) is 0.840. The molecule has 0 aliphatic rings. The van der Waals surface area contributed by atoms with E-state index in [0.717, 1.165) is 0 Å². The summed E-state index contributed by atoms with van der Waals surface area (Å²) in [4.78, 5) is 4.63. The molecule has 0 aromatic heterocycles. The molecule has 7 heavy (non-hydrogen) atoms. The number of hydrogen-bond donors (Lipinski definition) is 2. The van der Waals surface area contributed by atoms with Crippen LogP contribution < -0.4 is 5.48 Å². The number of thiocarbonyl (C=S) groups is 1. The van der Waals surface area contributed by atoms with Gasteiger partial charge in [0, 0.05) is 0 Å². The van der Waals surface area contributed by atoms with Crippen molar-refractivity contribution in [3.05, 3.63) is 0 Å². The lowest BCUT2D eigenvalue weighted by Crippen LogP contribution is -2.15. The fraction of sp³-hybridized carbons (Fsp3) is 0.667. The third-order valence-corrected chi connectivity index (χ3v) is 0.478. The highest BCUT2D eigenvalue weighted by atomic mass is 32.1. The summed E-state index contributed by atoms with van der Waals surface area (Å²) in [5.41, 5.74) is 2.39. The molecule has 0 fully saturated rings. The Hall–Kier alpha value is 0.200. The van der Waals surface area contributed by atoms with Crippen molar-refractivity contribution in [3.63, 3.8) is 0 Å². The molecule has 4 heteroatoms. The van der Waals surface area contributed by atoms with Crippen LogP contribution >= 0.6 is 24.8 Å². The molecule has 0 aromatic carbocycles. The van der Waals surface area contributed by atoms with Gasteiger partial charge in [-0.15, -0.1) is 12.6 Å². The summed E-state index contributed by atoms with van der Waals surface area (Å²) in [5.74, 6) is 0. The van der Waals surface area contributed by atoms with E-state index >= 15 is 0 Å². The van der Waals surface area contributed by atoms with Gasteiger partial charge in [0.05, 0.1) is 6.61 Å². The maximum Gasteiger partial charge on any atom is 0.154 e. The summed E-state index contributed by atoms with van der Waals surface area (Å²) in [5, 5.41) is 0. The predicted octanol–water partition coefficient (Wildman–Crippen LogP) is 0.742. The molecule has 0 amide bonds. The molecule has 0 spiro atoms. The Morgan fingerprint density at radius 1 is 2.00 bits per heavy atom. The van der Waals surface area contributed by atoms with Gasteiger partial charge in [-0.2, -0.15) is 0 Å². The van der Waals surface area contributed by atoms with E-state index in [0.29, 0.717) is 10.9 Å². The Kier molecular flexibility index (Phi) is 4.49. The minimum Gasteiger partial charge on any atom is -0.275 e. The van der Waals surface area contributed by atoms with E-state index in [2.05, 4.69) is 35.2 Å². The van der Waals surface area contributed by atoms with Crippen LogP contribution in [0.25, 0.3) is 0 Å². The molecule has 0 aromatic rings. The van der Waals surface area contributed by atoms with Crippen LogP contribution in [0.3, 0.4) is 0 Å². The van der Waals surface area contributed by atoms with Gasteiger partial charge in [-0.25, -0.2) is 0 Å². The summed E-state index contributed by atoms with van der Waals surface area (Å²) in [7, 11) is 0.